The summed E-state index contributed by atoms with van der Waals surface area (Å²) in [6.45, 7) is 7.89. The first kappa shape index (κ1) is 16.0. The fraction of sp³-hybridized carbons (Fsp3) is 1.00. The van der Waals surface area contributed by atoms with Crippen molar-refractivity contribution >= 4 is 0 Å². The van der Waals surface area contributed by atoms with Crippen molar-refractivity contribution in [1.82, 2.24) is 4.90 Å². The van der Waals surface area contributed by atoms with Gasteiger partial charge >= 0.3 is 0 Å². The molecule has 0 amide bonds. The summed E-state index contributed by atoms with van der Waals surface area (Å²) >= 11 is 0. The molecule has 1 heterocycles. The largest absolute Gasteiger partial charge is 0.393 e. The zero-order valence-electron chi connectivity index (χ0n) is 12.5. The molecule has 1 fully saturated rings. The van der Waals surface area contributed by atoms with Gasteiger partial charge in [-0.05, 0) is 51.7 Å². The quantitative estimate of drug-likeness (QED) is 0.633. The Morgan fingerprint density at radius 2 is 1.56 bits per heavy atom. The van der Waals surface area contributed by atoms with Crippen LogP contribution < -0.4 is 0 Å². The fourth-order valence-corrected chi connectivity index (χ4v) is 2.95. The van der Waals surface area contributed by atoms with Crippen LogP contribution in [-0.4, -0.2) is 35.7 Å². The van der Waals surface area contributed by atoms with Crippen molar-refractivity contribution in [3.8, 4) is 0 Å². The van der Waals surface area contributed by atoms with Gasteiger partial charge in [-0.2, -0.15) is 0 Å². The van der Waals surface area contributed by atoms with Crippen LogP contribution in [-0.2, 0) is 0 Å². The summed E-state index contributed by atoms with van der Waals surface area (Å²) in [4.78, 5) is 2.59. The highest BCUT2D eigenvalue weighted by Crippen LogP contribution is 2.20. The third kappa shape index (κ3) is 6.75. The highest BCUT2D eigenvalue weighted by Gasteiger charge is 2.21. The number of likely N-dealkylation sites (tertiary alicyclic amines) is 1. The number of unbranched alkanes of at least 4 members (excludes halogenated alkanes) is 6. The summed E-state index contributed by atoms with van der Waals surface area (Å²) in [5.74, 6) is 0.551. The van der Waals surface area contributed by atoms with Gasteiger partial charge in [0, 0.05) is 0 Å². The molecule has 1 unspecified atom stereocenters. The number of aliphatic hydroxyl groups is 1. The zero-order valence-corrected chi connectivity index (χ0v) is 12.5. The lowest BCUT2D eigenvalue weighted by molar-refractivity contribution is 0.0713. The van der Waals surface area contributed by atoms with E-state index in [1.54, 1.807) is 0 Å². The number of aliphatic hydroxyl groups excluding tert-OH is 1. The van der Waals surface area contributed by atoms with E-state index in [1.165, 1.54) is 77.4 Å². The average molecular weight is 255 g/mol. The minimum Gasteiger partial charge on any atom is -0.393 e. The number of hydrogen-bond donors (Lipinski definition) is 1. The van der Waals surface area contributed by atoms with E-state index in [1.807, 2.05) is 6.92 Å². The average Bonchev–Trinajstić information content (AvgIpc) is 2.38. The Hall–Kier alpha value is -0.0800. The highest BCUT2D eigenvalue weighted by molar-refractivity contribution is 4.75. The Morgan fingerprint density at radius 3 is 2.11 bits per heavy atom. The SMILES string of the molecule is CCCCCCCCCN1CCC(C(C)O)CC1. The Bertz CT molecular complexity index is 186. The molecule has 1 saturated heterocycles. The molecule has 18 heavy (non-hydrogen) atoms. The molecule has 0 aromatic carbocycles. The van der Waals surface area contributed by atoms with Gasteiger partial charge in [-0.15, -0.1) is 0 Å². The van der Waals surface area contributed by atoms with Crippen LogP contribution in [0, 0.1) is 5.92 Å². The standard InChI is InChI=1S/C16H33NO/c1-3-4-5-6-7-8-9-12-17-13-10-16(11-14-17)15(2)18/h15-16,18H,3-14H2,1-2H3. The van der Waals surface area contributed by atoms with Crippen LogP contribution >= 0.6 is 0 Å². The van der Waals surface area contributed by atoms with E-state index in [-0.39, 0.29) is 6.10 Å². The van der Waals surface area contributed by atoms with E-state index < -0.39 is 0 Å². The third-order valence-electron chi connectivity index (χ3n) is 4.39. The first-order chi connectivity index (χ1) is 8.74. The Kier molecular flexibility index (Phi) is 8.70. The summed E-state index contributed by atoms with van der Waals surface area (Å²) < 4.78 is 0. The molecule has 0 spiro atoms. The van der Waals surface area contributed by atoms with Gasteiger partial charge in [-0.1, -0.05) is 45.4 Å². The molecule has 2 heteroatoms. The van der Waals surface area contributed by atoms with Crippen LogP contribution in [0.1, 0.15) is 71.6 Å². The van der Waals surface area contributed by atoms with Crippen LogP contribution in [0.4, 0.5) is 0 Å². The monoisotopic (exact) mass is 255 g/mol. The van der Waals surface area contributed by atoms with E-state index in [9.17, 15) is 5.11 Å². The maximum absolute atomic E-state index is 9.56. The van der Waals surface area contributed by atoms with Crippen molar-refractivity contribution in [1.29, 1.82) is 0 Å². The highest BCUT2D eigenvalue weighted by atomic mass is 16.3. The number of hydrogen-bond acceptors (Lipinski definition) is 2. The Labute approximate surface area is 114 Å². The van der Waals surface area contributed by atoms with Gasteiger partial charge < -0.3 is 10.0 Å². The second kappa shape index (κ2) is 9.80. The summed E-state index contributed by atoms with van der Waals surface area (Å²) in [5, 5.41) is 9.56. The van der Waals surface area contributed by atoms with E-state index in [0.717, 1.165) is 0 Å². The molecular formula is C16H33NO. The minimum absolute atomic E-state index is 0.106. The Morgan fingerprint density at radius 1 is 1.00 bits per heavy atom. The van der Waals surface area contributed by atoms with Gasteiger partial charge in [0.1, 0.15) is 0 Å². The normalized spacial score (nSPS) is 20.2. The van der Waals surface area contributed by atoms with Crippen molar-refractivity contribution in [2.24, 2.45) is 5.92 Å². The van der Waals surface area contributed by atoms with Crippen LogP contribution in [0.25, 0.3) is 0 Å². The zero-order chi connectivity index (χ0) is 13.2. The molecule has 2 nitrogen and oxygen atoms in total. The first-order valence-electron chi connectivity index (χ1n) is 8.14. The van der Waals surface area contributed by atoms with E-state index in [2.05, 4.69) is 11.8 Å². The molecule has 1 aliphatic rings. The molecular weight excluding hydrogens is 222 g/mol. The molecule has 0 aromatic heterocycles. The topological polar surface area (TPSA) is 23.5 Å². The number of piperidine rings is 1. The van der Waals surface area contributed by atoms with Crippen molar-refractivity contribution in [3.63, 3.8) is 0 Å². The van der Waals surface area contributed by atoms with Crippen LogP contribution in [0.5, 0.6) is 0 Å². The van der Waals surface area contributed by atoms with Crippen LogP contribution in [0.3, 0.4) is 0 Å². The van der Waals surface area contributed by atoms with Crippen molar-refractivity contribution in [2.75, 3.05) is 19.6 Å². The van der Waals surface area contributed by atoms with E-state index >= 15 is 0 Å². The molecule has 1 aliphatic heterocycles. The summed E-state index contributed by atoms with van der Waals surface area (Å²) in [6, 6.07) is 0. The van der Waals surface area contributed by atoms with Gasteiger partial charge in [-0.3, -0.25) is 0 Å². The fourth-order valence-electron chi connectivity index (χ4n) is 2.95. The van der Waals surface area contributed by atoms with Gasteiger partial charge in [0.15, 0.2) is 0 Å². The van der Waals surface area contributed by atoms with E-state index in [0.29, 0.717) is 5.92 Å². The first-order valence-corrected chi connectivity index (χ1v) is 8.14. The number of nitrogens with zero attached hydrogens (tertiary/aromatic N) is 1. The predicted octanol–water partition coefficient (Wildman–Crippen LogP) is 3.83. The number of rotatable bonds is 9. The maximum Gasteiger partial charge on any atom is 0.0541 e. The summed E-state index contributed by atoms with van der Waals surface area (Å²) in [6.07, 6.45) is 12.1. The van der Waals surface area contributed by atoms with Gasteiger partial charge in [0.25, 0.3) is 0 Å². The lowest BCUT2D eigenvalue weighted by Gasteiger charge is -2.33. The molecule has 0 aliphatic carbocycles. The van der Waals surface area contributed by atoms with Crippen LogP contribution in [0.2, 0.25) is 0 Å². The third-order valence-corrected chi connectivity index (χ3v) is 4.39. The molecule has 1 rings (SSSR count). The lowest BCUT2D eigenvalue weighted by atomic mass is 9.92. The van der Waals surface area contributed by atoms with E-state index in [4.69, 9.17) is 0 Å². The van der Waals surface area contributed by atoms with Gasteiger partial charge in [-0.25, -0.2) is 0 Å². The summed E-state index contributed by atoms with van der Waals surface area (Å²) in [5.41, 5.74) is 0. The van der Waals surface area contributed by atoms with Gasteiger partial charge in [0.2, 0.25) is 0 Å². The Balaban J connectivity index is 1.91. The van der Waals surface area contributed by atoms with Crippen LogP contribution in [0.15, 0.2) is 0 Å². The smallest absolute Gasteiger partial charge is 0.0541 e. The minimum atomic E-state index is -0.106. The molecule has 0 saturated carbocycles. The molecule has 0 radical (unpaired) electrons. The molecule has 1 atom stereocenters. The molecule has 0 aromatic rings. The molecule has 1 N–H and O–H groups in total. The summed E-state index contributed by atoms with van der Waals surface area (Å²) in [7, 11) is 0. The van der Waals surface area contributed by atoms with Crippen molar-refractivity contribution < 1.29 is 5.11 Å². The lowest BCUT2D eigenvalue weighted by Crippen LogP contribution is -2.37. The van der Waals surface area contributed by atoms with Crippen molar-refractivity contribution in [2.45, 2.75) is 77.7 Å². The predicted molar refractivity (Wildman–Crippen MR) is 78.8 cm³/mol. The molecule has 0 bridgehead atoms. The second-order valence-corrected chi connectivity index (χ2v) is 6.04. The van der Waals surface area contributed by atoms with Gasteiger partial charge in [0.05, 0.1) is 6.10 Å². The second-order valence-electron chi connectivity index (χ2n) is 6.04. The van der Waals surface area contributed by atoms with Crippen molar-refractivity contribution in [3.05, 3.63) is 0 Å². The maximum atomic E-state index is 9.56. The molecule has 108 valence electrons.